The Labute approximate surface area is 307 Å². The van der Waals surface area contributed by atoms with E-state index in [9.17, 15) is 5.26 Å². The minimum atomic E-state index is 0.616. The van der Waals surface area contributed by atoms with Crippen LogP contribution in [0.3, 0.4) is 0 Å². The molecule has 0 atom stereocenters. The van der Waals surface area contributed by atoms with Crippen molar-refractivity contribution in [2.45, 2.75) is 0 Å². The number of para-hydroxylation sites is 4. The van der Waals surface area contributed by atoms with Gasteiger partial charge in [0.25, 0.3) is 0 Å². The maximum absolute atomic E-state index is 10.2. The van der Waals surface area contributed by atoms with Crippen molar-refractivity contribution in [3.63, 3.8) is 0 Å². The first-order valence-corrected chi connectivity index (χ1v) is 18.1. The Morgan fingerprint density at radius 3 is 1.48 bits per heavy atom. The van der Waals surface area contributed by atoms with Crippen LogP contribution >= 0.6 is 0 Å². The summed E-state index contributed by atoms with van der Waals surface area (Å²) in [6.07, 6.45) is 0. The average Bonchev–Trinajstić information content (AvgIpc) is 3.96. The number of rotatable bonds is 3. The van der Waals surface area contributed by atoms with E-state index in [-0.39, 0.29) is 0 Å². The highest BCUT2D eigenvalue weighted by Gasteiger charge is 2.20. The number of benzene rings is 8. The molecular formula is C49H27N3O2. The molecule has 0 aliphatic carbocycles. The highest BCUT2D eigenvalue weighted by molar-refractivity contribution is 6.20. The van der Waals surface area contributed by atoms with Gasteiger partial charge < -0.3 is 18.0 Å². The zero-order valence-corrected chi connectivity index (χ0v) is 28.7. The summed E-state index contributed by atoms with van der Waals surface area (Å²) in [5.41, 5.74) is 12.5. The smallest absolute Gasteiger partial charge is 0.137 e. The third-order valence-electron chi connectivity index (χ3n) is 11.1. The molecule has 4 heterocycles. The Balaban J connectivity index is 1.14. The van der Waals surface area contributed by atoms with Crippen LogP contribution in [0, 0.1) is 11.3 Å². The molecule has 0 aliphatic heterocycles. The van der Waals surface area contributed by atoms with E-state index in [1.807, 2.05) is 48.5 Å². The lowest BCUT2D eigenvalue weighted by Crippen LogP contribution is -1.97. The van der Waals surface area contributed by atoms with Crippen molar-refractivity contribution in [2.75, 3.05) is 0 Å². The van der Waals surface area contributed by atoms with E-state index in [0.717, 1.165) is 99.2 Å². The van der Waals surface area contributed by atoms with Gasteiger partial charge in [0.05, 0.1) is 33.3 Å². The highest BCUT2D eigenvalue weighted by Crippen LogP contribution is 2.42. The van der Waals surface area contributed by atoms with E-state index in [1.54, 1.807) is 0 Å². The normalized spacial score (nSPS) is 12.1. The van der Waals surface area contributed by atoms with Crippen molar-refractivity contribution in [1.29, 1.82) is 5.26 Å². The molecule has 0 amide bonds. The van der Waals surface area contributed by atoms with Gasteiger partial charge in [0.1, 0.15) is 28.4 Å². The van der Waals surface area contributed by atoms with E-state index in [1.165, 1.54) is 10.8 Å². The predicted molar refractivity (Wildman–Crippen MR) is 220 cm³/mol. The minimum Gasteiger partial charge on any atom is -0.456 e. The molecule has 12 aromatic rings. The molecule has 0 N–H and O–H groups in total. The summed E-state index contributed by atoms with van der Waals surface area (Å²) >= 11 is 0. The molecule has 0 radical (unpaired) electrons. The standard InChI is InChI=1S/C49H27N3O2/c50-28-31-10-4-7-15-41(31)52-43-21-19-30(23-36(43)38-25-40-34-14-6-9-17-47(34)54-49(40)27-45(38)52)29-18-20-42-35(22-29)37-24-39-33-13-5-8-16-46(33)53-48(39)26-44(37)51(42)32-11-2-1-3-12-32/h1-27H. The van der Waals surface area contributed by atoms with Crippen LogP contribution in [0.25, 0.3) is 110 Å². The third-order valence-corrected chi connectivity index (χ3v) is 11.1. The average molecular weight is 690 g/mol. The minimum absolute atomic E-state index is 0.616. The maximum atomic E-state index is 10.2. The zero-order chi connectivity index (χ0) is 35.5. The van der Waals surface area contributed by atoms with Crippen LogP contribution in [-0.2, 0) is 0 Å². The summed E-state index contributed by atoms with van der Waals surface area (Å²) in [7, 11) is 0. The van der Waals surface area contributed by atoms with Gasteiger partial charge in [-0.3, -0.25) is 0 Å². The number of nitrogens with zero attached hydrogens (tertiary/aromatic N) is 3. The van der Waals surface area contributed by atoms with Gasteiger partial charge in [0.2, 0.25) is 0 Å². The predicted octanol–water partition coefficient (Wildman–Crippen LogP) is 13.2. The molecule has 0 unspecified atom stereocenters. The zero-order valence-electron chi connectivity index (χ0n) is 28.7. The first-order valence-electron chi connectivity index (χ1n) is 18.1. The van der Waals surface area contributed by atoms with Crippen LogP contribution in [0.5, 0.6) is 0 Å². The second-order valence-electron chi connectivity index (χ2n) is 14.0. The molecule has 0 saturated heterocycles. The van der Waals surface area contributed by atoms with Crippen molar-refractivity contribution >= 4 is 87.5 Å². The molecule has 0 fully saturated rings. The molecule has 250 valence electrons. The summed E-state index contributed by atoms with van der Waals surface area (Å²) < 4.78 is 17.3. The lowest BCUT2D eigenvalue weighted by molar-refractivity contribution is 0.669. The summed E-state index contributed by atoms with van der Waals surface area (Å²) in [4.78, 5) is 0. The van der Waals surface area contributed by atoms with E-state index in [4.69, 9.17) is 8.83 Å². The van der Waals surface area contributed by atoms with Crippen molar-refractivity contribution in [2.24, 2.45) is 0 Å². The number of hydrogen-bond donors (Lipinski definition) is 0. The summed E-state index contributed by atoms with van der Waals surface area (Å²) in [6, 6.07) is 59.6. The SMILES string of the molecule is N#Cc1ccccc1-n1c2ccc(-c3ccc4c(c3)c3cc5c(cc3n4-c3ccccc3)oc3ccccc35)cc2c2cc3c(cc21)oc1ccccc13. The quantitative estimate of drug-likeness (QED) is 0.185. The molecule has 0 saturated carbocycles. The fourth-order valence-corrected chi connectivity index (χ4v) is 8.71. The Hall–Kier alpha value is -7.55. The maximum Gasteiger partial charge on any atom is 0.137 e. The molecule has 0 spiro atoms. The summed E-state index contributed by atoms with van der Waals surface area (Å²) in [5.74, 6) is 0. The van der Waals surface area contributed by atoms with E-state index in [0.29, 0.717) is 5.56 Å². The molecule has 12 rings (SSSR count). The molecular weight excluding hydrogens is 663 g/mol. The van der Waals surface area contributed by atoms with E-state index in [2.05, 4.69) is 130 Å². The highest BCUT2D eigenvalue weighted by atomic mass is 16.3. The van der Waals surface area contributed by atoms with Crippen molar-refractivity contribution in [1.82, 2.24) is 9.13 Å². The van der Waals surface area contributed by atoms with Crippen LogP contribution in [0.15, 0.2) is 173 Å². The Bertz CT molecular complexity index is 3570. The summed E-state index contributed by atoms with van der Waals surface area (Å²) in [6.45, 7) is 0. The molecule has 0 aliphatic rings. The first kappa shape index (κ1) is 29.1. The monoisotopic (exact) mass is 689 g/mol. The fourth-order valence-electron chi connectivity index (χ4n) is 8.71. The largest absolute Gasteiger partial charge is 0.456 e. The molecule has 54 heavy (non-hydrogen) atoms. The molecule has 5 nitrogen and oxygen atoms in total. The van der Waals surface area contributed by atoms with Gasteiger partial charge in [-0.2, -0.15) is 5.26 Å². The summed E-state index contributed by atoms with van der Waals surface area (Å²) in [5, 5.41) is 19.1. The van der Waals surface area contributed by atoms with Crippen LogP contribution in [0.2, 0.25) is 0 Å². The second kappa shape index (κ2) is 10.7. The van der Waals surface area contributed by atoms with E-state index < -0.39 is 0 Å². The second-order valence-corrected chi connectivity index (χ2v) is 14.0. The van der Waals surface area contributed by atoms with Gasteiger partial charge in [-0.15, -0.1) is 0 Å². The van der Waals surface area contributed by atoms with Gasteiger partial charge in [0, 0.05) is 60.9 Å². The molecule has 0 bridgehead atoms. The number of aromatic nitrogens is 2. The van der Waals surface area contributed by atoms with Crippen LogP contribution in [0.1, 0.15) is 5.56 Å². The van der Waals surface area contributed by atoms with Crippen molar-refractivity contribution in [3.05, 3.63) is 169 Å². The number of nitriles is 1. The number of fused-ring (bicyclic) bond motifs is 12. The van der Waals surface area contributed by atoms with Crippen LogP contribution in [0.4, 0.5) is 0 Å². The lowest BCUT2D eigenvalue weighted by Gasteiger charge is -2.10. The Morgan fingerprint density at radius 2 is 0.870 bits per heavy atom. The van der Waals surface area contributed by atoms with Gasteiger partial charge in [-0.1, -0.05) is 78.9 Å². The van der Waals surface area contributed by atoms with Gasteiger partial charge in [0.15, 0.2) is 0 Å². The first-order chi connectivity index (χ1) is 26.7. The Kier molecular flexibility index (Phi) is 5.78. The van der Waals surface area contributed by atoms with Crippen molar-refractivity contribution < 1.29 is 8.83 Å². The van der Waals surface area contributed by atoms with Crippen molar-refractivity contribution in [3.8, 4) is 28.6 Å². The third kappa shape index (κ3) is 3.97. The van der Waals surface area contributed by atoms with Gasteiger partial charge in [-0.25, -0.2) is 0 Å². The van der Waals surface area contributed by atoms with E-state index >= 15 is 0 Å². The van der Waals surface area contributed by atoms with Gasteiger partial charge in [-0.05, 0) is 83.9 Å². The number of hydrogen-bond acceptors (Lipinski definition) is 3. The van der Waals surface area contributed by atoms with Crippen LogP contribution < -0.4 is 0 Å². The topological polar surface area (TPSA) is 59.9 Å². The fraction of sp³-hybridized carbons (Fsp3) is 0. The number of furan rings is 2. The Morgan fingerprint density at radius 1 is 0.370 bits per heavy atom. The van der Waals surface area contributed by atoms with Crippen LogP contribution in [-0.4, -0.2) is 9.13 Å². The molecule has 8 aromatic carbocycles. The van der Waals surface area contributed by atoms with Gasteiger partial charge >= 0.3 is 0 Å². The molecule has 4 aromatic heterocycles. The lowest BCUT2D eigenvalue weighted by atomic mass is 10.00. The molecule has 5 heteroatoms.